The lowest BCUT2D eigenvalue weighted by Gasteiger charge is -2.45. The molecule has 0 spiro atoms. The van der Waals surface area contributed by atoms with Gasteiger partial charge in [-0.25, -0.2) is 0 Å². The van der Waals surface area contributed by atoms with Crippen LogP contribution in [-0.4, -0.2) is 80.2 Å². The largest absolute Gasteiger partial charge is 0.466 e. The lowest BCUT2D eigenvalue weighted by Crippen LogP contribution is -2.62. The Hall–Kier alpha value is -1.30. The van der Waals surface area contributed by atoms with Gasteiger partial charge in [-0.2, -0.15) is 0 Å². The number of rotatable bonds is 8. The van der Waals surface area contributed by atoms with Crippen molar-refractivity contribution in [2.45, 2.75) is 83.8 Å². The van der Waals surface area contributed by atoms with Crippen molar-refractivity contribution in [1.82, 2.24) is 0 Å². The van der Waals surface area contributed by atoms with Crippen LogP contribution in [0.25, 0.3) is 0 Å². The SMILES string of the molecule is CCOC(=O)C(CC)C1OCC2OC(O)C3OC(C(CC)C(=O)OCC)OC3C2O1. The standard InChI is InChI=1S/C20H32O10/c1-5-10(16(21)24-7-3)19-26-9-12-13(28-19)14-15(18(23)27-12)30-20(29-14)11(6-2)17(22)25-8-4/h10-15,18-20,23H,5-9H2,1-4H3. The van der Waals surface area contributed by atoms with E-state index in [1.165, 1.54) is 0 Å². The summed E-state index contributed by atoms with van der Waals surface area (Å²) in [6.07, 6.45) is -4.80. The Labute approximate surface area is 176 Å². The predicted octanol–water partition coefficient (Wildman–Crippen LogP) is 0.734. The first kappa shape index (κ1) is 23.4. The third-order valence-corrected chi connectivity index (χ3v) is 5.62. The van der Waals surface area contributed by atoms with Crippen LogP contribution in [0.15, 0.2) is 0 Å². The van der Waals surface area contributed by atoms with Crippen molar-refractivity contribution in [2.24, 2.45) is 11.8 Å². The van der Waals surface area contributed by atoms with Crippen molar-refractivity contribution in [2.75, 3.05) is 19.8 Å². The summed E-state index contributed by atoms with van der Waals surface area (Å²) in [6, 6.07) is 0. The third kappa shape index (κ3) is 4.63. The Morgan fingerprint density at radius 2 is 1.37 bits per heavy atom. The number of aliphatic hydroxyl groups is 1. The Morgan fingerprint density at radius 3 is 1.93 bits per heavy atom. The molecule has 0 bridgehead atoms. The van der Waals surface area contributed by atoms with E-state index in [2.05, 4.69) is 0 Å². The molecular weight excluding hydrogens is 400 g/mol. The maximum absolute atomic E-state index is 12.3. The Bertz CT molecular complexity index is 598. The summed E-state index contributed by atoms with van der Waals surface area (Å²) in [5, 5.41) is 10.4. The number of hydrogen-bond acceptors (Lipinski definition) is 10. The van der Waals surface area contributed by atoms with E-state index in [4.69, 9.17) is 33.2 Å². The van der Waals surface area contributed by atoms with Crippen molar-refractivity contribution in [3.8, 4) is 0 Å². The Balaban J connectivity index is 1.73. The highest BCUT2D eigenvalue weighted by atomic mass is 16.8. The highest BCUT2D eigenvalue weighted by molar-refractivity contribution is 5.73. The van der Waals surface area contributed by atoms with E-state index in [9.17, 15) is 14.7 Å². The quantitative estimate of drug-likeness (QED) is 0.550. The maximum atomic E-state index is 12.3. The van der Waals surface area contributed by atoms with Crippen molar-refractivity contribution in [1.29, 1.82) is 0 Å². The molecule has 3 fully saturated rings. The maximum Gasteiger partial charge on any atom is 0.314 e. The van der Waals surface area contributed by atoms with Crippen LogP contribution < -0.4 is 0 Å². The van der Waals surface area contributed by atoms with Crippen LogP contribution in [-0.2, 0) is 42.7 Å². The number of hydrogen-bond donors (Lipinski definition) is 1. The summed E-state index contributed by atoms with van der Waals surface area (Å²) in [6.45, 7) is 7.78. The molecule has 0 aromatic rings. The molecule has 10 nitrogen and oxygen atoms in total. The minimum atomic E-state index is -1.25. The van der Waals surface area contributed by atoms with Crippen molar-refractivity contribution >= 4 is 11.9 Å². The first-order valence-electron chi connectivity index (χ1n) is 10.7. The van der Waals surface area contributed by atoms with Gasteiger partial charge in [0.2, 0.25) is 0 Å². The van der Waals surface area contributed by atoms with Crippen LogP contribution in [0.4, 0.5) is 0 Å². The van der Waals surface area contributed by atoms with E-state index in [1.807, 2.05) is 13.8 Å². The normalized spacial score (nSPS) is 37.6. The van der Waals surface area contributed by atoms with Gasteiger partial charge in [-0.1, -0.05) is 13.8 Å². The lowest BCUT2D eigenvalue weighted by atomic mass is 9.97. The van der Waals surface area contributed by atoms with Crippen LogP contribution in [0, 0.1) is 11.8 Å². The van der Waals surface area contributed by atoms with Crippen LogP contribution in [0.2, 0.25) is 0 Å². The molecule has 0 saturated carbocycles. The van der Waals surface area contributed by atoms with E-state index >= 15 is 0 Å². The fourth-order valence-electron chi connectivity index (χ4n) is 4.06. The molecule has 0 aromatic heterocycles. The minimum Gasteiger partial charge on any atom is -0.466 e. The highest BCUT2D eigenvalue weighted by Crippen LogP contribution is 2.39. The van der Waals surface area contributed by atoms with E-state index in [1.54, 1.807) is 13.8 Å². The number of esters is 2. The fourth-order valence-corrected chi connectivity index (χ4v) is 4.06. The number of aliphatic hydroxyl groups excluding tert-OH is 1. The van der Waals surface area contributed by atoms with Crippen LogP contribution in [0.1, 0.15) is 40.5 Å². The summed E-state index contributed by atoms with van der Waals surface area (Å²) in [5.41, 5.74) is 0. The second-order valence-corrected chi connectivity index (χ2v) is 7.47. The second kappa shape index (κ2) is 10.3. The average molecular weight is 432 g/mol. The topological polar surface area (TPSA) is 119 Å². The zero-order valence-electron chi connectivity index (χ0n) is 17.9. The predicted molar refractivity (Wildman–Crippen MR) is 99.9 cm³/mol. The summed E-state index contributed by atoms with van der Waals surface area (Å²) < 4.78 is 39.5. The van der Waals surface area contributed by atoms with Gasteiger partial charge in [0.15, 0.2) is 18.9 Å². The highest BCUT2D eigenvalue weighted by Gasteiger charge is 2.57. The molecule has 172 valence electrons. The van der Waals surface area contributed by atoms with Crippen molar-refractivity contribution in [3.05, 3.63) is 0 Å². The molecule has 0 aromatic carbocycles. The molecule has 9 unspecified atom stereocenters. The average Bonchev–Trinajstić information content (AvgIpc) is 3.16. The molecule has 10 heteroatoms. The van der Waals surface area contributed by atoms with Gasteiger partial charge in [0, 0.05) is 0 Å². The van der Waals surface area contributed by atoms with E-state index in [-0.39, 0.29) is 19.8 Å². The van der Waals surface area contributed by atoms with Gasteiger partial charge in [-0.15, -0.1) is 0 Å². The Kier molecular flexibility index (Phi) is 8.05. The molecule has 3 rings (SSSR count). The summed E-state index contributed by atoms with van der Waals surface area (Å²) in [4.78, 5) is 24.5. The van der Waals surface area contributed by atoms with Crippen LogP contribution in [0.3, 0.4) is 0 Å². The van der Waals surface area contributed by atoms with Gasteiger partial charge in [0.1, 0.15) is 36.3 Å². The first-order valence-corrected chi connectivity index (χ1v) is 10.7. The molecule has 1 N–H and O–H groups in total. The molecule has 0 radical (unpaired) electrons. The zero-order valence-corrected chi connectivity index (χ0v) is 17.9. The van der Waals surface area contributed by atoms with Crippen LogP contribution in [0.5, 0.6) is 0 Å². The molecule has 0 aliphatic carbocycles. The van der Waals surface area contributed by atoms with Gasteiger partial charge in [0.25, 0.3) is 0 Å². The molecule has 3 aliphatic heterocycles. The van der Waals surface area contributed by atoms with Crippen LogP contribution >= 0.6 is 0 Å². The molecule has 30 heavy (non-hydrogen) atoms. The number of ether oxygens (including phenoxy) is 7. The Morgan fingerprint density at radius 1 is 0.833 bits per heavy atom. The number of carbonyl (C=O) groups is 2. The first-order chi connectivity index (χ1) is 14.4. The van der Waals surface area contributed by atoms with E-state index < -0.39 is 67.1 Å². The van der Waals surface area contributed by atoms with Gasteiger partial charge in [0.05, 0.1) is 19.8 Å². The van der Waals surface area contributed by atoms with Gasteiger partial charge >= 0.3 is 11.9 Å². The summed E-state index contributed by atoms with van der Waals surface area (Å²) in [5.74, 6) is -2.06. The molecule has 0 amide bonds. The van der Waals surface area contributed by atoms with Gasteiger partial charge in [-0.05, 0) is 26.7 Å². The lowest BCUT2D eigenvalue weighted by molar-refractivity contribution is -0.344. The number of fused-ring (bicyclic) bond motifs is 3. The summed E-state index contributed by atoms with van der Waals surface area (Å²) in [7, 11) is 0. The van der Waals surface area contributed by atoms with E-state index in [0.717, 1.165) is 0 Å². The minimum absolute atomic E-state index is 0.120. The smallest absolute Gasteiger partial charge is 0.314 e. The molecule has 3 saturated heterocycles. The number of carbonyl (C=O) groups excluding carboxylic acids is 2. The van der Waals surface area contributed by atoms with Gasteiger partial charge in [-0.3, -0.25) is 9.59 Å². The fraction of sp³-hybridized carbons (Fsp3) is 0.900. The summed E-state index contributed by atoms with van der Waals surface area (Å²) >= 11 is 0. The van der Waals surface area contributed by atoms with Gasteiger partial charge < -0.3 is 38.3 Å². The zero-order chi connectivity index (χ0) is 21.8. The van der Waals surface area contributed by atoms with E-state index in [0.29, 0.717) is 12.8 Å². The monoisotopic (exact) mass is 432 g/mol. The van der Waals surface area contributed by atoms with Crippen molar-refractivity contribution < 1.29 is 47.9 Å². The van der Waals surface area contributed by atoms with Crippen molar-refractivity contribution in [3.63, 3.8) is 0 Å². The molecule has 3 heterocycles. The second-order valence-electron chi connectivity index (χ2n) is 7.47. The molecule has 3 aliphatic rings. The molecular formula is C20H32O10. The third-order valence-electron chi connectivity index (χ3n) is 5.62. The molecule has 9 atom stereocenters.